The molecule has 0 bridgehead atoms. The van der Waals surface area contributed by atoms with Gasteiger partial charge in [0.1, 0.15) is 11.7 Å². The fourth-order valence-corrected chi connectivity index (χ4v) is 8.38. The van der Waals surface area contributed by atoms with Gasteiger partial charge < -0.3 is 20.4 Å². The molecule has 0 aromatic carbocycles. The van der Waals surface area contributed by atoms with Crippen LogP contribution in [-0.2, 0) is 0 Å². The molecule has 9 atom stereocenters. The van der Waals surface area contributed by atoms with Crippen LogP contribution in [0.2, 0.25) is 0 Å². The van der Waals surface area contributed by atoms with Crippen molar-refractivity contribution in [1.82, 2.24) is 0 Å². The van der Waals surface area contributed by atoms with Crippen molar-refractivity contribution in [2.24, 2.45) is 34.5 Å². The Kier molecular flexibility index (Phi) is 6.06. The Balaban J connectivity index is 1.63. The Morgan fingerprint density at radius 3 is 2.41 bits per heavy atom. The molecule has 4 nitrogen and oxygen atoms in total. The van der Waals surface area contributed by atoms with Crippen LogP contribution >= 0.6 is 0 Å². The fourth-order valence-electron chi connectivity index (χ4n) is 8.38. The summed E-state index contributed by atoms with van der Waals surface area (Å²) in [5.74, 6) is 1.96. The smallest absolute Gasteiger partial charge is 0.105 e. The van der Waals surface area contributed by atoms with Crippen molar-refractivity contribution >= 4 is 0 Å². The van der Waals surface area contributed by atoms with Gasteiger partial charge in [0.2, 0.25) is 0 Å². The average Bonchev–Trinajstić information content (AvgIpc) is 3.07. The predicted octanol–water partition coefficient (Wildman–Crippen LogP) is 4.76. The van der Waals surface area contributed by atoms with Crippen LogP contribution in [0.25, 0.3) is 0 Å². The minimum atomic E-state index is -1.49. The van der Waals surface area contributed by atoms with E-state index < -0.39 is 28.8 Å². The maximum Gasteiger partial charge on any atom is 0.105 e. The van der Waals surface area contributed by atoms with Crippen molar-refractivity contribution in [3.63, 3.8) is 0 Å². The van der Waals surface area contributed by atoms with Crippen molar-refractivity contribution in [2.45, 2.75) is 116 Å². The summed E-state index contributed by atoms with van der Waals surface area (Å²) in [7, 11) is 0. The third-order valence-corrected chi connectivity index (χ3v) is 10.9. The van der Waals surface area contributed by atoms with E-state index >= 15 is 0 Å². The summed E-state index contributed by atoms with van der Waals surface area (Å²) in [6, 6.07) is 0. The predicted molar refractivity (Wildman–Crippen MR) is 128 cm³/mol. The molecule has 4 N–H and O–H groups in total. The second kappa shape index (κ2) is 7.93. The zero-order valence-corrected chi connectivity index (χ0v) is 20.9. The van der Waals surface area contributed by atoms with Gasteiger partial charge in [-0.3, -0.25) is 0 Å². The highest BCUT2D eigenvalue weighted by molar-refractivity contribution is 5.40. The van der Waals surface area contributed by atoms with Crippen LogP contribution in [0.1, 0.15) is 92.4 Å². The van der Waals surface area contributed by atoms with Crippen LogP contribution < -0.4 is 0 Å². The maximum atomic E-state index is 12.2. The molecule has 4 heteroatoms. The summed E-state index contributed by atoms with van der Waals surface area (Å²) in [5, 5.41) is 45.2. The highest BCUT2D eigenvalue weighted by atomic mass is 16.4. The average molecular weight is 447 g/mol. The lowest BCUT2D eigenvalue weighted by atomic mass is 9.43. The first kappa shape index (κ1) is 24.4. The van der Waals surface area contributed by atoms with Crippen LogP contribution in [0.15, 0.2) is 23.8 Å². The monoisotopic (exact) mass is 446 g/mol. The van der Waals surface area contributed by atoms with Crippen molar-refractivity contribution in [2.75, 3.05) is 0 Å². The van der Waals surface area contributed by atoms with Crippen molar-refractivity contribution in [1.29, 1.82) is 0 Å². The molecular weight excluding hydrogens is 400 g/mol. The first-order valence-electron chi connectivity index (χ1n) is 13.0. The van der Waals surface area contributed by atoms with E-state index in [0.29, 0.717) is 37.0 Å². The van der Waals surface area contributed by atoms with Gasteiger partial charge in [0.25, 0.3) is 0 Å². The molecule has 3 fully saturated rings. The number of rotatable bonds is 5. The summed E-state index contributed by atoms with van der Waals surface area (Å²) in [6.07, 6.45) is 7.30. The number of hydrogen-bond donors (Lipinski definition) is 4. The van der Waals surface area contributed by atoms with Gasteiger partial charge in [-0.2, -0.15) is 0 Å². The van der Waals surface area contributed by atoms with Crippen molar-refractivity contribution < 1.29 is 20.4 Å². The quantitative estimate of drug-likeness (QED) is 0.459. The molecule has 0 spiro atoms. The van der Waals surface area contributed by atoms with Crippen molar-refractivity contribution in [3.05, 3.63) is 23.8 Å². The third-order valence-electron chi connectivity index (χ3n) is 10.9. The van der Waals surface area contributed by atoms with E-state index in [1.807, 2.05) is 6.92 Å². The Labute approximate surface area is 194 Å². The molecule has 0 aliphatic heterocycles. The van der Waals surface area contributed by atoms with Gasteiger partial charge in [0.15, 0.2) is 0 Å². The van der Waals surface area contributed by atoms with Gasteiger partial charge in [-0.25, -0.2) is 0 Å². The molecule has 4 aliphatic rings. The summed E-state index contributed by atoms with van der Waals surface area (Å²) in [5.41, 5.74) is -1.03. The number of fused-ring (bicyclic) bond motifs is 5. The fraction of sp³-hybridized carbons (Fsp3) is 0.857. The van der Waals surface area contributed by atoms with Gasteiger partial charge in [-0.05, 0) is 86.0 Å². The van der Waals surface area contributed by atoms with Gasteiger partial charge in [0, 0.05) is 11.8 Å². The molecule has 0 aromatic rings. The lowest BCUT2D eigenvalue weighted by Gasteiger charge is -2.65. The van der Waals surface area contributed by atoms with Crippen molar-refractivity contribution in [3.8, 4) is 0 Å². The molecule has 0 aromatic heterocycles. The van der Waals surface area contributed by atoms with Crippen LogP contribution in [-0.4, -0.2) is 43.8 Å². The summed E-state index contributed by atoms with van der Waals surface area (Å²) < 4.78 is 0. The number of aliphatic hydroxyl groups is 4. The van der Waals surface area contributed by atoms with E-state index in [-0.39, 0.29) is 17.8 Å². The minimum absolute atomic E-state index is 0.108. The second-order valence-electron chi connectivity index (χ2n) is 12.7. The second-order valence-corrected chi connectivity index (χ2v) is 12.7. The van der Waals surface area contributed by atoms with Crippen LogP contribution in [0.5, 0.6) is 0 Å². The Morgan fingerprint density at radius 2 is 1.75 bits per heavy atom. The molecule has 32 heavy (non-hydrogen) atoms. The Bertz CT molecular complexity index is 788. The Hall–Kier alpha value is -0.680. The van der Waals surface area contributed by atoms with Gasteiger partial charge in [-0.15, -0.1) is 0 Å². The first-order chi connectivity index (χ1) is 14.8. The lowest BCUT2D eigenvalue weighted by Crippen LogP contribution is -2.72. The van der Waals surface area contributed by atoms with Gasteiger partial charge in [0.05, 0.1) is 11.7 Å². The molecule has 4 aliphatic carbocycles. The summed E-state index contributed by atoms with van der Waals surface area (Å²) in [6.45, 7) is 15.4. The summed E-state index contributed by atoms with van der Waals surface area (Å²) in [4.78, 5) is 0. The number of hydrogen-bond acceptors (Lipinski definition) is 4. The van der Waals surface area contributed by atoms with E-state index in [2.05, 4.69) is 34.3 Å². The number of allylic oxidation sites excluding steroid dienone is 1. The molecule has 0 radical (unpaired) electrons. The molecule has 0 heterocycles. The third kappa shape index (κ3) is 3.23. The lowest BCUT2D eigenvalue weighted by molar-refractivity contribution is -0.258. The van der Waals surface area contributed by atoms with E-state index in [1.165, 1.54) is 5.57 Å². The largest absolute Gasteiger partial charge is 0.393 e. The normalized spacial score (nSPS) is 49.1. The minimum Gasteiger partial charge on any atom is -0.393 e. The Morgan fingerprint density at radius 1 is 1.06 bits per heavy atom. The maximum absolute atomic E-state index is 12.2. The van der Waals surface area contributed by atoms with Crippen LogP contribution in [0.3, 0.4) is 0 Å². The van der Waals surface area contributed by atoms with Gasteiger partial charge in [-0.1, -0.05) is 52.8 Å². The zero-order valence-electron chi connectivity index (χ0n) is 20.9. The summed E-state index contributed by atoms with van der Waals surface area (Å²) >= 11 is 0. The van der Waals surface area contributed by atoms with Crippen LogP contribution in [0, 0.1) is 34.5 Å². The van der Waals surface area contributed by atoms with Crippen LogP contribution in [0.4, 0.5) is 0 Å². The zero-order chi connectivity index (χ0) is 23.7. The molecule has 0 amide bonds. The molecule has 1 unspecified atom stereocenters. The van der Waals surface area contributed by atoms with E-state index in [4.69, 9.17) is 0 Å². The number of aliphatic hydroxyl groups excluding tert-OH is 2. The van der Waals surface area contributed by atoms with E-state index in [9.17, 15) is 20.4 Å². The standard InChI is InChI=1S/C28H46O4/c1-17(2)18(3)7-8-19(4)21-9-10-22-23-15-24(30)28(32)16-20(29)11-12-26(28,6)27(23,31)14-13-25(21,22)5/h15,17,19-22,24,29-32H,3,7-14,16H2,1-2,4-6H3/t19-,20+,21-,22?,24-,25-,26-,27-,28+/m1/s1. The molecule has 0 saturated heterocycles. The highest BCUT2D eigenvalue weighted by Gasteiger charge is 2.71. The topological polar surface area (TPSA) is 80.9 Å². The van der Waals surface area contributed by atoms with Gasteiger partial charge >= 0.3 is 0 Å². The molecule has 3 saturated carbocycles. The molecule has 182 valence electrons. The molecular formula is C28H46O4. The SMILES string of the molecule is C=C(CC[C@@H](C)[C@H]1CCC2C3=C[C@@H](O)[C@@]4(O)C[C@@H](O)CC[C@]4(C)[C@@]3(O)CC[C@@]21C)C(C)C. The van der Waals surface area contributed by atoms with E-state index in [1.54, 1.807) is 6.08 Å². The first-order valence-corrected chi connectivity index (χ1v) is 13.0. The highest BCUT2D eigenvalue weighted by Crippen LogP contribution is 2.69. The molecule has 4 rings (SSSR count). The van der Waals surface area contributed by atoms with E-state index in [0.717, 1.165) is 37.7 Å².